The normalized spacial score (nSPS) is 27.8. The number of hydrogen-bond acceptors (Lipinski definition) is 2. The fourth-order valence-electron chi connectivity index (χ4n) is 3.05. The van der Waals surface area contributed by atoms with Crippen LogP contribution in [0.1, 0.15) is 45.4 Å². The Bertz CT molecular complexity index is 392. The summed E-state index contributed by atoms with van der Waals surface area (Å²) in [7, 11) is 0. The number of aliphatic hydroxyl groups is 1. The van der Waals surface area contributed by atoms with Crippen molar-refractivity contribution in [2.45, 2.75) is 51.0 Å². The first-order chi connectivity index (χ1) is 9.17. The number of anilines is 1. The minimum Gasteiger partial charge on any atom is -0.394 e. The third-order valence-corrected chi connectivity index (χ3v) is 4.43. The van der Waals surface area contributed by atoms with Crippen LogP contribution in [0.4, 0.5) is 10.1 Å². The first kappa shape index (κ1) is 14.3. The molecule has 106 valence electrons. The van der Waals surface area contributed by atoms with Gasteiger partial charge in [-0.3, -0.25) is 0 Å². The Morgan fingerprint density at radius 1 is 1.26 bits per heavy atom. The summed E-state index contributed by atoms with van der Waals surface area (Å²) in [4.78, 5) is 0. The molecule has 1 aliphatic carbocycles. The average molecular weight is 265 g/mol. The molecule has 1 saturated carbocycles. The molecule has 2 nitrogen and oxygen atoms in total. The number of aliphatic hydroxyl groups excluding tert-OH is 1. The lowest BCUT2D eigenvalue weighted by Gasteiger charge is -2.33. The summed E-state index contributed by atoms with van der Waals surface area (Å²) in [5, 5.41) is 13.2. The predicted molar refractivity (Wildman–Crippen MR) is 76.7 cm³/mol. The standard InChI is InChI=1S/C16H24FNO/c1-2-13-4-3-10-16(12-19,11-9-13)18-15-7-5-14(17)6-8-15/h5-8,13,18-19H,2-4,9-12H2,1H3. The molecule has 0 bridgehead atoms. The van der Waals surface area contributed by atoms with Crippen LogP contribution in [-0.4, -0.2) is 17.3 Å². The highest BCUT2D eigenvalue weighted by Crippen LogP contribution is 2.34. The van der Waals surface area contributed by atoms with Crippen molar-refractivity contribution < 1.29 is 9.50 Å². The molecule has 3 heteroatoms. The zero-order chi connectivity index (χ0) is 13.7. The molecule has 1 fully saturated rings. The summed E-state index contributed by atoms with van der Waals surface area (Å²) in [5.74, 6) is 0.555. The van der Waals surface area contributed by atoms with Crippen LogP contribution < -0.4 is 5.32 Å². The lowest BCUT2D eigenvalue weighted by molar-refractivity contribution is 0.194. The molecule has 0 saturated heterocycles. The minimum absolute atomic E-state index is 0.140. The van der Waals surface area contributed by atoms with E-state index in [9.17, 15) is 9.50 Å². The van der Waals surface area contributed by atoms with Gasteiger partial charge >= 0.3 is 0 Å². The zero-order valence-electron chi connectivity index (χ0n) is 11.7. The molecule has 1 aliphatic rings. The summed E-state index contributed by atoms with van der Waals surface area (Å²) >= 11 is 0. The van der Waals surface area contributed by atoms with Crippen LogP contribution in [-0.2, 0) is 0 Å². The van der Waals surface area contributed by atoms with Crippen LogP contribution in [0.25, 0.3) is 0 Å². The van der Waals surface area contributed by atoms with E-state index in [4.69, 9.17) is 0 Å². The molecule has 0 aliphatic heterocycles. The van der Waals surface area contributed by atoms with Gasteiger partial charge in [-0.1, -0.05) is 26.2 Å². The van der Waals surface area contributed by atoms with E-state index in [0.29, 0.717) is 0 Å². The summed E-state index contributed by atoms with van der Waals surface area (Å²) in [6.07, 6.45) is 6.75. The van der Waals surface area contributed by atoms with E-state index < -0.39 is 0 Å². The maximum absolute atomic E-state index is 12.9. The third-order valence-electron chi connectivity index (χ3n) is 4.43. The van der Waals surface area contributed by atoms with Gasteiger partial charge < -0.3 is 10.4 Å². The maximum Gasteiger partial charge on any atom is 0.123 e. The Kier molecular flexibility index (Phi) is 4.81. The summed E-state index contributed by atoms with van der Waals surface area (Å²) in [5.41, 5.74) is 0.660. The largest absolute Gasteiger partial charge is 0.394 e. The van der Waals surface area contributed by atoms with Gasteiger partial charge in [-0.25, -0.2) is 4.39 Å². The number of hydrogen-bond donors (Lipinski definition) is 2. The van der Waals surface area contributed by atoms with Crippen molar-refractivity contribution in [3.05, 3.63) is 30.1 Å². The van der Waals surface area contributed by atoms with Crippen molar-refractivity contribution in [1.29, 1.82) is 0 Å². The fraction of sp³-hybridized carbons (Fsp3) is 0.625. The van der Waals surface area contributed by atoms with E-state index in [2.05, 4.69) is 12.2 Å². The second-order valence-corrected chi connectivity index (χ2v) is 5.78. The minimum atomic E-state index is -0.234. The number of nitrogens with one attached hydrogen (secondary N) is 1. The molecule has 0 heterocycles. The summed E-state index contributed by atoms with van der Waals surface area (Å²) in [6.45, 7) is 2.38. The van der Waals surface area contributed by atoms with Gasteiger partial charge in [0, 0.05) is 5.69 Å². The van der Waals surface area contributed by atoms with Crippen LogP contribution in [0.5, 0.6) is 0 Å². The monoisotopic (exact) mass is 265 g/mol. The van der Waals surface area contributed by atoms with E-state index in [-0.39, 0.29) is 18.0 Å². The molecule has 1 aromatic rings. The van der Waals surface area contributed by atoms with Gasteiger partial charge in [0.15, 0.2) is 0 Å². The smallest absolute Gasteiger partial charge is 0.123 e. The number of rotatable bonds is 4. The Balaban J connectivity index is 2.07. The molecule has 19 heavy (non-hydrogen) atoms. The van der Waals surface area contributed by atoms with Crippen molar-refractivity contribution >= 4 is 5.69 Å². The lowest BCUT2D eigenvalue weighted by atomic mass is 9.89. The molecule has 0 radical (unpaired) electrons. The second-order valence-electron chi connectivity index (χ2n) is 5.78. The molecule has 2 atom stereocenters. The van der Waals surface area contributed by atoms with Crippen molar-refractivity contribution in [2.75, 3.05) is 11.9 Å². The number of benzene rings is 1. The lowest BCUT2D eigenvalue weighted by Crippen LogP contribution is -2.41. The summed E-state index contributed by atoms with van der Waals surface area (Å²) in [6, 6.07) is 6.40. The zero-order valence-corrected chi connectivity index (χ0v) is 11.7. The van der Waals surface area contributed by atoms with E-state index in [0.717, 1.165) is 37.3 Å². The molecule has 0 aromatic heterocycles. The molecule has 0 amide bonds. The van der Waals surface area contributed by atoms with Crippen molar-refractivity contribution in [3.63, 3.8) is 0 Å². The SMILES string of the molecule is CCC1CCCC(CO)(Nc2ccc(F)cc2)CC1. The highest BCUT2D eigenvalue weighted by molar-refractivity contribution is 5.45. The van der Waals surface area contributed by atoms with Gasteiger partial charge in [-0.05, 0) is 49.4 Å². The molecule has 0 spiro atoms. The van der Waals surface area contributed by atoms with Gasteiger partial charge in [0.2, 0.25) is 0 Å². The van der Waals surface area contributed by atoms with Crippen LogP contribution in [0.2, 0.25) is 0 Å². The number of halogens is 1. The first-order valence-corrected chi connectivity index (χ1v) is 7.32. The van der Waals surface area contributed by atoms with Crippen molar-refractivity contribution in [2.24, 2.45) is 5.92 Å². The Labute approximate surface area is 115 Å². The van der Waals surface area contributed by atoms with Gasteiger partial charge in [-0.15, -0.1) is 0 Å². The maximum atomic E-state index is 12.9. The highest BCUT2D eigenvalue weighted by atomic mass is 19.1. The van der Waals surface area contributed by atoms with Gasteiger partial charge in [-0.2, -0.15) is 0 Å². The highest BCUT2D eigenvalue weighted by Gasteiger charge is 2.32. The Morgan fingerprint density at radius 3 is 2.63 bits per heavy atom. The topological polar surface area (TPSA) is 32.3 Å². The van der Waals surface area contributed by atoms with Crippen LogP contribution >= 0.6 is 0 Å². The van der Waals surface area contributed by atoms with Crippen LogP contribution in [0.15, 0.2) is 24.3 Å². The average Bonchev–Trinajstić information content (AvgIpc) is 2.64. The van der Waals surface area contributed by atoms with Gasteiger partial charge in [0.1, 0.15) is 5.82 Å². The van der Waals surface area contributed by atoms with Gasteiger partial charge in [0.05, 0.1) is 12.1 Å². The molecular formula is C16H24FNO. The molecule has 2 N–H and O–H groups in total. The van der Waals surface area contributed by atoms with Crippen molar-refractivity contribution in [1.82, 2.24) is 0 Å². The molecular weight excluding hydrogens is 241 g/mol. The second kappa shape index (κ2) is 6.38. The first-order valence-electron chi connectivity index (χ1n) is 7.32. The Hall–Kier alpha value is -1.09. The summed E-state index contributed by atoms with van der Waals surface area (Å²) < 4.78 is 12.9. The van der Waals surface area contributed by atoms with Crippen molar-refractivity contribution in [3.8, 4) is 0 Å². The molecule has 2 rings (SSSR count). The van der Waals surface area contributed by atoms with Crippen LogP contribution in [0, 0.1) is 11.7 Å². The predicted octanol–water partition coefficient (Wildman–Crippen LogP) is 3.96. The molecule has 1 aromatic carbocycles. The van der Waals surface area contributed by atoms with E-state index in [1.165, 1.54) is 25.0 Å². The quantitative estimate of drug-likeness (QED) is 0.808. The van der Waals surface area contributed by atoms with Crippen LogP contribution in [0.3, 0.4) is 0 Å². The van der Waals surface area contributed by atoms with E-state index in [1.807, 2.05) is 0 Å². The Morgan fingerprint density at radius 2 is 2.00 bits per heavy atom. The molecule has 2 unspecified atom stereocenters. The van der Waals surface area contributed by atoms with Gasteiger partial charge in [0.25, 0.3) is 0 Å². The van der Waals surface area contributed by atoms with E-state index >= 15 is 0 Å². The fourth-order valence-corrected chi connectivity index (χ4v) is 3.05. The van der Waals surface area contributed by atoms with E-state index in [1.54, 1.807) is 12.1 Å². The third kappa shape index (κ3) is 3.69.